The molecule has 12 nitrogen and oxygen atoms in total. The highest BCUT2D eigenvalue weighted by Gasteiger charge is 2.57. The quantitative estimate of drug-likeness (QED) is 0.183. The second-order valence-electron chi connectivity index (χ2n) is 8.49. The highest BCUT2D eigenvalue weighted by atomic mass is 32.2. The Morgan fingerprint density at radius 1 is 1.44 bits per heavy atom. The summed E-state index contributed by atoms with van der Waals surface area (Å²) in [5.41, 5.74) is 4.82. The number of nitrogen functional groups attached to an aromatic ring is 1. The molecule has 2 fully saturated rings. The van der Waals surface area contributed by atoms with Crippen LogP contribution in [0.3, 0.4) is 0 Å². The lowest BCUT2D eigenvalue weighted by atomic mass is 10.0. The van der Waals surface area contributed by atoms with Crippen molar-refractivity contribution in [2.45, 2.75) is 42.5 Å². The number of thioether (sulfide) groups is 2. The lowest BCUT2D eigenvalue weighted by Gasteiger charge is -2.53. The third-order valence-electron chi connectivity index (χ3n) is 4.86. The summed E-state index contributed by atoms with van der Waals surface area (Å²) in [4.78, 5) is 59.7. The number of nitrogens with zero attached hydrogens (tertiary/aromatic N) is 3. The summed E-state index contributed by atoms with van der Waals surface area (Å²) in [6.45, 7) is 4.62. The SMILES string of the molecule is CSC1(C(=O)O)CS[C@@H]2C(NC(=O)C(=NOCC(=O)OC(C)(C)C)c3csc(N)n3)C(=O)N2C1. The molecule has 1 aromatic heterocycles. The molecule has 3 heterocycles. The number of carboxylic acids is 1. The number of oxime groups is 1. The molecule has 2 amide bonds. The first-order chi connectivity index (χ1) is 15.9. The Morgan fingerprint density at radius 2 is 2.15 bits per heavy atom. The van der Waals surface area contributed by atoms with Gasteiger partial charge in [-0.1, -0.05) is 5.16 Å². The van der Waals surface area contributed by atoms with Gasteiger partial charge in [-0.2, -0.15) is 0 Å². The molecular formula is C19H25N5O7S3. The standard InChI is InChI=1S/C19H25N5O7S3/c1-18(2,3)31-10(25)5-30-23-11(9-6-33-17(20)21-9)13(26)22-12-14(27)24-7-19(32-4,16(28)29)8-34-15(12)24/h6,12,15H,5,7-8H2,1-4H3,(H2,20,21)(H,22,26)(H,28,29)/t12?,15-,19?/m1/s1. The van der Waals surface area contributed by atoms with Crippen molar-refractivity contribution < 1.29 is 33.9 Å². The summed E-state index contributed by atoms with van der Waals surface area (Å²) in [6.07, 6.45) is 1.69. The molecule has 2 unspecified atom stereocenters. The van der Waals surface area contributed by atoms with Gasteiger partial charge in [0, 0.05) is 17.7 Å². The lowest BCUT2D eigenvalue weighted by molar-refractivity contribution is -0.160. The van der Waals surface area contributed by atoms with Crippen LogP contribution in [0, 0.1) is 0 Å². The van der Waals surface area contributed by atoms with Crippen LogP contribution in [-0.2, 0) is 28.8 Å². The number of anilines is 1. The Bertz CT molecular complexity index is 1020. The van der Waals surface area contributed by atoms with E-state index < -0.39 is 52.1 Å². The number of thiazole rings is 1. The number of hydrogen-bond donors (Lipinski definition) is 3. The highest BCUT2D eigenvalue weighted by Crippen LogP contribution is 2.43. The van der Waals surface area contributed by atoms with Gasteiger partial charge in [-0.25, -0.2) is 9.78 Å². The predicted octanol–water partition coefficient (Wildman–Crippen LogP) is 0.374. The summed E-state index contributed by atoms with van der Waals surface area (Å²) in [7, 11) is 0. The molecule has 4 N–H and O–H groups in total. The average Bonchev–Trinajstić information content (AvgIpc) is 3.18. The number of carboxylic acid groups (broad SMARTS) is 1. The molecule has 3 rings (SSSR count). The van der Waals surface area contributed by atoms with Gasteiger partial charge in [-0.05, 0) is 27.0 Å². The minimum Gasteiger partial charge on any atom is -0.480 e. The van der Waals surface area contributed by atoms with E-state index in [-0.39, 0.29) is 28.8 Å². The van der Waals surface area contributed by atoms with Gasteiger partial charge < -0.3 is 30.6 Å². The van der Waals surface area contributed by atoms with Crippen molar-refractivity contribution in [1.29, 1.82) is 0 Å². The van der Waals surface area contributed by atoms with Crippen LogP contribution in [0.1, 0.15) is 26.5 Å². The summed E-state index contributed by atoms with van der Waals surface area (Å²) in [5, 5.41) is 17.2. The number of nitrogens with one attached hydrogen (secondary N) is 1. The number of amides is 2. The van der Waals surface area contributed by atoms with Crippen LogP contribution in [0.5, 0.6) is 0 Å². The topological polar surface area (TPSA) is 174 Å². The first-order valence-corrected chi connectivity index (χ1v) is 13.2. The number of β-lactam (4-membered cyclic amide) rings is 1. The van der Waals surface area contributed by atoms with E-state index in [1.807, 2.05) is 0 Å². The molecule has 1 aromatic rings. The molecule has 0 bridgehead atoms. The predicted molar refractivity (Wildman–Crippen MR) is 129 cm³/mol. The Kier molecular flexibility index (Phi) is 7.67. The van der Waals surface area contributed by atoms with Gasteiger partial charge in [0.1, 0.15) is 27.5 Å². The Hall–Kier alpha value is -2.52. The number of aliphatic carboxylic acids is 1. The summed E-state index contributed by atoms with van der Waals surface area (Å²) < 4.78 is 4.04. The molecule has 2 saturated heterocycles. The zero-order valence-electron chi connectivity index (χ0n) is 18.9. The van der Waals surface area contributed by atoms with Crippen molar-refractivity contribution in [1.82, 2.24) is 15.2 Å². The molecule has 0 aliphatic carbocycles. The van der Waals surface area contributed by atoms with Crippen molar-refractivity contribution in [3.63, 3.8) is 0 Å². The molecule has 0 radical (unpaired) electrons. The van der Waals surface area contributed by atoms with Gasteiger partial charge in [0.2, 0.25) is 12.5 Å². The molecule has 2 aliphatic heterocycles. The van der Waals surface area contributed by atoms with Gasteiger partial charge in [-0.3, -0.25) is 14.4 Å². The normalized spacial score (nSPS) is 24.6. The van der Waals surface area contributed by atoms with Crippen LogP contribution in [0.25, 0.3) is 0 Å². The third kappa shape index (κ3) is 5.58. The van der Waals surface area contributed by atoms with Crippen molar-refractivity contribution in [2.75, 3.05) is 30.9 Å². The minimum absolute atomic E-state index is 0.0505. The molecule has 0 aromatic carbocycles. The van der Waals surface area contributed by atoms with Crippen molar-refractivity contribution in [3.05, 3.63) is 11.1 Å². The van der Waals surface area contributed by atoms with Crippen LogP contribution in [-0.4, -0.2) is 91.4 Å². The van der Waals surface area contributed by atoms with Gasteiger partial charge >= 0.3 is 11.9 Å². The number of ether oxygens (including phenoxy) is 1. The van der Waals surface area contributed by atoms with Crippen LogP contribution in [0.4, 0.5) is 5.13 Å². The number of nitrogens with two attached hydrogens (primary N) is 1. The zero-order valence-corrected chi connectivity index (χ0v) is 21.3. The number of aromatic nitrogens is 1. The fourth-order valence-electron chi connectivity index (χ4n) is 3.22. The Labute approximate surface area is 208 Å². The van der Waals surface area contributed by atoms with E-state index >= 15 is 0 Å². The van der Waals surface area contributed by atoms with Gasteiger partial charge in [0.25, 0.3) is 5.91 Å². The first-order valence-electron chi connectivity index (χ1n) is 10.0. The Morgan fingerprint density at radius 3 is 2.71 bits per heavy atom. The third-order valence-corrected chi connectivity index (χ3v) is 8.47. The van der Waals surface area contributed by atoms with Gasteiger partial charge in [0.05, 0.1) is 0 Å². The van der Waals surface area contributed by atoms with Crippen LogP contribution < -0.4 is 11.1 Å². The molecular weight excluding hydrogens is 506 g/mol. The number of carbonyl (C=O) groups excluding carboxylic acids is 3. The van der Waals surface area contributed by atoms with Crippen LogP contribution >= 0.6 is 34.9 Å². The summed E-state index contributed by atoms with van der Waals surface area (Å²) >= 11 is 3.55. The number of carbonyl (C=O) groups is 4. The smallest absolute Gasteiger partial charge is 0.347 e. The number of esters is 1. The molecule has 0 spiro atoms. The number of fused-ring (bicyclic) bond motifs is 1. The summed E-state index contributed by atoms with van der Waals surface area (Å²) in [5.74, 6) is -2.51. The first kappa shape index (κ1) is 26.1. The minimum atomic E-state index is -1.09. The fraction of sp³-hybridized carbons (Fsp3) is 0.579. The monoisotopic (exact) mass is 531 g/mol. The van der Waals surface area contributed by atoms with E-state index in [1.54, 1.807) is 27.0 Å². The lowest BCUT2D eigenvalue weighted by Crippen LogP contribution is -2.74. The van der Waals surface area contributed by atoms with Crippen LogP contribution in [0.2, 0.25) is 0 Å². The van der Waals surface area contributed by atoms with Gasteiger partial charge in [0.15, 0.2) is 10.8 Å². The molecule has 15 heteroatoms. The largest absolute Gasteiger partial charge is 0.480 e. The maximum atomic E-state index is 13.0. The summed E-state index contributed by atoms with van der Waals surface area (Å²) in [6, 6.07) is -0.863. The average molecular weight is 532 g/mol. The molecule has 34 heavy (non-hydrogen) atoms. The maximum Gasteiger partial charge on any atom is 0.347 e. The number of rotatable bonds is 8. The van der Waals surface area contributed by atoms with E-state index in [1.165, 1.54) is 33.8 Å². The maximum absolute atomic E-state index is 13.0. The Balaban J connectivity index is 1.69. The molecule has 0 saturated carbocycles. The van der Waals surface area contributed by atoms with E-state index in [0.29, 0.717) is 0 Å². The second-order valence-corrected chi connectivity index (χ2v) is 11.7. The van der Waals surface area contributed by atoms with Crippen molar-refractivity contribution in [2.24, 2.45) is 5.16 Å². The molecule has 2 aliphatic rings. The fourth-order valence-corrected chi connectivity index (χ4v) is 6.28. The number of hydrogen-bond acceptors (Lipinski definition) is 12. The van der Waals surface area contributed by atoms with Gasteiger partial charge in [-0.15, -0.1) is 34.9 Å². The van der Waals surface area contributed by atoms with E-state index in [2.05, 4.69) is 15.5 Å². The van der Waals surface area contributed by atoms with E-state index in [4.69, 9.17) is 15.3 Å². The second kappa shape index (κ2) is 10.00. The van der Waals surface area contributed by atoms with E-state index in [9.17, 15) is 24.3 Å². The highest BCUT2D eigenvalue weighted by molar-refractivity contribution is 8.04. The van der Waals surface area contributed by atoms with Crippen molar-refractivity contribution >= 4 is 69.5 Å². The molecule has 186 valence electrons. The molecule has 3 atom stereocenters. The van der Waals surface area contributed by atoms with Crippen LogP contribution in [0.15, 0.2) is 10.5 Å². The van der Waals surface area contributed by atoms with Crippen molar-refractivity contribution in [3.8, 4) is 0 Å². The van der Waals surface area contributed by atoms with E-state index in [0.717, 1.165) is 11.3 Å². The zero-order chi connectivity index (χ0) is 25.3.